The number of fused-ring (bicyclic) bond motifs is 1. The minimum absolute atomic E-state index is 0.362. The second kappa shape index (κ2) is 15.2. The third kappa shape index (κ3) is 8.21. The van der Waals surface area contributed by atoms with Gasteiger partial charge >= 0.3 is 0 Å². The van der Waals surface area contributed by atoms with Crippen molar-refractivity contribution in [3.05, 3.63) is 88.6 Å². The molecule has 2 heterocycles. The molecule has 2 N–H and O–H groups in total. The number of nitrogens with zero attached hydrogens (tertiary/aromatic N) is 3. The van der Waals surface area contributed by atoms with Crippen molar-refractivity contribution >= 4 is 23.2 Å². The van der Waals surface area contributed by atoms with E-state index in [0.717, 1.165) is 62.3 Å². The Morgan fingerprint density at radius 2 is 1.93 bits per heavy atom. The van der Waals surface area contributed by atoms with E-state index in [1.54, 1.807) is 0 Å². The van der Waals surface area contributed by atoms with Crippen LogP contribution in [0.4, 0.5) is 0 Å². The number of dihydropyridines is 1. The first-order valence-electron chi connectivity index (χ1n) is 15.3. The van der Waals surface area contributed by atoms with Crippen LogP contribution in [0.25, 0.3) is 16.5 Å². The van der Waals surface area contributed by atoms with Crippen LogP contribution in [0.5, 0.6) is 0 Å². The molecule has 0 aliphatic carbocycles. The first-order chi connectivity index (χ1) is 19.6. The number of aliphatic imine (C=N–C) groups is 1. The lowest BCUT2D eigenvalue weighted by Crippen LogP contribution is -2.36. The maximum absolute atomic E-state index is 4.42. The van der Waals surface area contributed by atoms with Crippen molar-refractivity contribution in [3.63, 3.8) is 0 Å². The molecule has 222 valence electrons. The normalized spacial score (nSPS) is 14.8. The number of aromatic nitrogens is 1. The highest BCUT2D eigenvalue weighted by Crippen LogP contribution is 2.35. The standard InChI is InChI=1S/C36H53N5/c1-11-14-30-19-28(7)39-29(8)34(30)21-33-20-32(22-35-36(33)27(6)24-41(35)26(4)5)31(23-38-10)15-12-13-17-40(25(2)3)18-16-37-9/h12,15,19-20,22-26,37,39H,8,10-11,13-14,16-18,21H2,1-7,9H3/b15-12-,31-23+. The number of hydrogen-bond donors (Lipinski definition) is 2. The monoisotopic (exact) mass is 555 g/mol. The van der Waals surface area contributed by atoms with E-state index in [9.17, 15) is 0 Å². The summed E-state index contributed by atoms with van der Waals surface area (Å²) in [7, 11) is 2.01. The molecule has 2 aromatic rings. The Kier molecular flexibility index (Phi) is 12.0. The van der Waals surface area contributed by atoms with E-state index in [4.69, 9.17) is 0 Å². The lowest BCUT2D eigenvalue weighted by atomic mass is 9.89. The van der Waals surface area contributed by atoms with Gasteiger partial charge in [0.15, 0.2) is 0 Å². The van der Waals surface area contributed by atoms with E-state index >= 15 is 0 Å². The maximum atomic E-state index is 4.42. The van der Waals surface area contributed by atoms with Gasteiger partial charge in [-0.2, -0.15) is 0 Å². The molecule has 5 heteroatoms. The molecule has 0 radical (unpaired) electrons. The van der Waals surface area contributed by atoms with Crippen molar-refractivity contribution in [2.75, 3.05) is 26.7 Å². The highest BCUT2D eigenvalue weighted by Gasteiger charge is 2.20. The second-order valence-electron chi connectivity index (χ2n) is 11.9. The van der Waals surface area contributed by atoms with Crippen LogP contribution < -0.4 is 10.6 Å². The van der Waals surface area contributed by atoms with Crippen molar-refractivity contribution in [1.82, 2.24) is 20.1 Å². The fourth-order valence-electron chi connectivity index (χ4n) is 5.86. The molecule has 0 fully saturated rings. The van der Waals surface area contributed by atoms with Gasteiger partial charge in [-0.25, -0.2) is 0 Å². The Hall–Kier alpha value is -3.15. The van der Waals surface area contributed by atoms with Gasteiger partial charge in [-0.3, -0.25) is 9.89 Å². The van der Waals surface area contributed by atoms with E-state index in [2.05, 4.69) is 123 Å². The molecule has 3 rings (SSSR count). The molecule has 0 bridgehead atoms. The summed E-state index contributed by atoms with van der Waals surface area (Å²) in [6.07, 6.45) is 15.0. The zero-order valence-corrected chi connectivity index (χ0v) is 26.9. The molecule has 1 aliphatic rings. The minimum Gasteiger partial charge on any atom is -0.359 e. The smallest absolute Gasteiger partial charge is 0.0494 e. The quantitative estimate of drug-likeness (QED) is 0.172. The number of benzene rings is 1. The van der Waals surface area contributed by atoms with Crippen LogP contribution in [-0.2, 0) is 6.42 Å². The predicted molar refractivity (Wildman–Crippen MR) is 181 cm³/mol. The average Bonchev–Trinajstić information content (AvgIpc) is 3.26. The van der Waals surface area contributed by atoms with Gasteiger partial charge in [-0.05, 0) is 114 Å². The van der Waals surface area contributed by atoms with Gasteiger partial charge in [0.05, 0.1) is 0 Å². The topological polar surface area (TPSA) is 44.6 Å². The fourth-order valence-corrected chi connectivity index (χ4v) is 5.86. The van der Waals surface area contributed by atoms with E-state index in [1.165, 1.54) is 38.7 Å². The summed E-state index contributed by atoms with van der Waals surface area (Å²) < 4.78 is 2.40. The predicted octanol–water partition coefficient (Wildman–Crippen LogP) is 8.11. The van der Waals surface area contributed by atoms with Crippen LogP contribution in [0.2, 0.25) is 0 Å². The summed E-state index contributed by atoms with van der Waals surface area (Å²) in [5.74, 6) is 0. The summed E-state index contributed by atoms with van der Waals surface area (Å²) >= 11 is 0. The number of allylic oxidation sites excluding steroid dienone is 6. The highest BCUT2D eigenvalue weighted by molar-refractivity contribution is 5.92. The van der Waals surface area contributed by atoms with Crippen LogP contribution in [0.1, 0.15) is 83.5 Å². The van der Waals surface area contributed by atoms with E-state index < -0.39 is 0 Å². The zero-order chi connectivity index (χ0) is 30.1. The number of rotatable bonds is 15. The molecule has 0 saturated heterocycles. The molecule has 0 atom stereocenters. The molecular formula is C36H53N5. The van der Waals surface area contributed by atoms with Gasteiger partial charge in [0.1, 0.15) is 0 Å². The van der Waals surface area contributed by atoms with Gasteiger partial charge in [0.2, 0.25) is 0 Å². The van der Waals surface area contributed by atoms with Gasteiger partial charge < -0.3 is 15.2 Å². The largest absolute Gasteiger partial charge is 0.359 e. The maximum Gasteiger partial charge on any atom is 0.0494 e. The molecule has 1 aromatic heterocycles. The Balaban J connectivity index is 2.07. The molecule has 1 aromatic carbocycles. The number of aryl methyl sites for hydroxylation is 1. The highest BCUT2D eigenvalue weighted by atomic mass is 15.2. The van der Waals surface area contributed by atoms with E-state index in [0.29, 0.717) is 12.1 Å². The Bertz CT molecular complexity index is 1350. The number of hydrogen-bond acceptors (Lipinski definition) is 4. The minimum atomic E-state index is 0.362. The van der Waals surface area contributed by atoms with Gasteiger partial charge in [0.25, 0.3) is 0 Å². The summed E-state index contributed by atoms with van der Waals surface area (Å²) in [4.78, 5) is 6.73. The number of nitrogens with one attached hydrogen (secondary N) is 2. The zero-order valence-electron chi connectivity index (χ0n) is 26.9. The molecule has 5 nitrogen and oxygen atoms in total. The van der Waals surface area contributed by atoms with Crippen LogP contribution in [-0.4, -0.2) is 48.9 Å². The first-order valence-corrected chi connectivity index (χ1v) is 15.3. The van der Waals surface area contributed by atoms with Crippen molar-refractivity contribution in [2.45, 2.75) is 86.2 Å². The van der Waals surface area contributed by atoms with Gasteiger partial charge in [0, 0.05) is 72.8 Å². The third-order valence-corrected chi connectivity index (χ3v) is 7.96. The van der Waals surface area contributed by atoms with Crippen LogP contribution in [0.3, 0.4) is 0 Å². The van der Waals surface area contributed by atoms with E-state index in [-0.39, 0.29) is 0 Å². The lowest BCUT2D eigenvalue weighted by molar-refractivity contribution is 0.228. The van der Waals surface area contributed by atoms with Crippen molar-refractivity contribution in [2.24, 2.45) is 4.99 Å². The third-order valence-electron chi connectivity index (χ3n) is 7.96. The summed E-state index contributed by atoms with van der Waals surface area (Å²) in [6.45, 7) is 27.0. The van der Waals surface area contributed by atoms with Crippen molar-refractivity contribution < 1.29 is 0 Å². The Labute approximate surface area is 249 Å². The molecule has 0 spiro atoms. The van der Waals surface area contributed by atoms with Gasteiger partial charge in [-0.15, -0.1) is 0 Å². The summed E-state index contributed by atoms with van der Waals surface area (Å²) in [5.41, 5.74) is 11.1. The molecule has 0 unspecified atom stereocenters. The van der Waals surface area contributed by atoms with Crippen LogP contribution >= 0.6 is 0 Å². The SMILES string of the molecule is C=N/C=C(\C=C/CCN(CCNC)C(C)C)c1cc(CC2=C(CCC)C=C(C)NC2=C)c2c(C)cn(C(C)C)c2c1. The molecule has 0 amide bonds. The lowest BCUT2D eigenvalue weighted by Gasteiger charge is -2.25. The Morgan fingerprint density at radius 3 is 2.56 bits per heavy atom. The van der Waals surface area contributed by atoms with Crippen LogP contribution in [0.15, 0.2) is 76.9 Å². The van der Waals surface area contributed by atoms with Gasteiger partial charge in [-0.1, -0.05) is 38.1 Å². The first kappa shape index (κ1) is 32.4. The summed E-state index contributed by atoms with van der Waals surface area (Å²) in [6, 6.07) is 5.58. The van der Waals surface area contributed by atoms with Crippen molar-refractivity contribution in [3.8, 4) is 0 Å². The number of likely N-dealkylation sites (N-methyl/N-ethyl adjacent to an activating group) is 1. The molecule has 0 saturated carbocycles. The second-order valence-corrected chi connectivity index (χ2v) is 11.9. The molecule has 1 aliphatic heterocycles. The van der Waals surface area contributed by atoms with E-state index in [1.807, 2.05) is 13.2 Å². The molecular weight excluding hydrogens is 502 g/mol. The average molecular weight is 556 g/mol. The van der Waals surface area contributed by atoms with Crippen molar-refractivity contribution in [1.29, 1.82) is 0 Å². The van der Waals surface area contributed by atoms with Crippen LogP contribution in [0, 0.1) is 6.92 Å². The Morgan fingerprint density at radius 1 is 1.17 bits per heavy atom. The fraction of sp³-hybridized carbons (Fsp3) is 0.472. The molecule has 41 heavy (non-hydrogen) atoms. The summed E-state index contributed by atoms with van der Waals surface area (Å²) in [5, 5.41) is 8.11.